The van der Waals surface area contributed by atoms with Crippen LogP contribution in [0.25, 0.3) is 0 Å². The molecule has 0 aromatic rings. The molecule has 0 amide bonds. The summed E-state index contributed by atoms with van der Waals surface area (Å²) in [6, 6.07) is 0. The van der Waals surface area contributed by atoms with E-state index in [2.05, 4.69) is 64.6 Å². The second-order valence-corrected chi connectivity index (χ2v) is 8.63. The van der Waals surface area contributed by atoms with Crippen LogP contribution < -0.4 is 0 Å². The fourth-order valence-corrected chi connectivity index (χ4v) is 6.24. The summed E-state index contributed by atoms with van der Waals surface area (Å²) in [5.74, 6) is 6.83. The van der Waals surface area contributed by atoms with E-state index < -0.39 is 0 Å². The van der Waals surface area contributed by atoms with Gasteiger partial charge in [-0.2, -0.15) is 0 Å². The molecule has 0 saturated heterocycles. The third kappa shape index (κ3) is 2.95. The highest BCUT2D eigenvalue weighted by molar-refractivity contribution is 7.17. The first-order valence-corrected chi connectivity index (χ1v) is 8.62. The zero-order chi connectivity index (χ0) is 14.2. The van der Waals surface area contributed by atoms with Crippen molar-refractivity contribution in [1.82, 2.24) is 0 Å². The van der Waals surface area contributed by atoms with E-state index in [0.29, 0.717) is 0 Å². The van der Waals surface area contributed by atoms with Crippen molar-refractivity contribution in [2.75, 3.05) is 0 Å². The lowest BCUT2D eigenvalue weighted by Crippen LogP contribution is -2.29. The van der Waals surface area contributed by atoms with E-state index in [4.69, 9.17) is 0 Å². The molecule has 1 fully saturated rings. The fourth-order valence-electron chi connectivity index (χ4n) is 4.84. The smallest absolute Gasteiger partial charge is 0.0197 e. The summed E-state index contributed by atoms with van der Waals surface area (Å²) in [7, 11) is 3.23. The molecule has 1 aliphatic carbocycles. The van der Waals surface area contributed by atoms with Gasteiger partial charge >= 0.3 is 0 Å². The van der Waals surface area contributed by atoms with Gasteiger partial charge in [0.1, 0.15) is 0 Å². The molecule has 0 spiro atoms. The highest BCUT2D eigenvalue weighted by Gasteiger charge is 2.51. The van der Waals surface area contributed by atoms with Gasteiger partial charge in [0.05, 0.1) is 0 Å². The van der Waals surface area contributed by atoms with Crippen LogP contribution in [0.3, 0.4) is 0 Å². The first-order valence-electron chi connectivity index (χ1n) is 7.95. The summed E-state index contributed by atoms with van der Waals surface area (Å²) in [5.41, 5.74) is 0.810. The van der Waals surface area contributed by atoms with Crippen LogP contribution in [-0.2, 0) is 0 Å². The predicted octanol–water partition coefficient (Wildman–Crippen LogP) is 5.33. The zero-order valence-corrected chi connectivity index (χ0v) is 14.9. The van der Waals surface area contributed by atoms with Crippen LogP contribution in [0, 0.1) is 47.3 Å². The highest BCUT2D eigenvalue weighted by atomic mass is 31.0. The van der Waals surface area contributed by atoms with Crippen molar-refractivity contribution in [2.45, 2.75) is 61.0 Å². The SMILES string of the molecule is CC(C)C1C(P)C(C(C)C)C(C(C)C)C1C(C)C. The van der Waals surface area contributed by atoms with Gasteiger partial charge in [-0.05, 0) is 53.0 Å². The first-order chi connectivity index (χ1) is 8.20. The van der Waals surface area contributed by atoms with E-state index in [0.717, 1.165) is 53.0 Å². The maximum atomic E-state index is 3.23. The maximum Gasteiger partial charge on any atom is -0.0197 e. The third-order valence-corrected chi connectivity index (χ3v) is 6.19. The minimum atomic E-state index is 0.810. The molecule has 0 aromatic heterocycles. The summed E-state index contributed by atoms with van der Waals surface area (Å²) in [4.78, 5) is 0. The van der Waals surface area contributed by atoms with E-state index >= 15 is 0 Å². The lowest BCUT2D eigenvalue weighted by atomic mass is 9.70. The largest absolute Gasteiger partial charge is 0.134 e. The molecule has 1 aliphatic rings. The summed E-state index contributed by atoms with van der Waals surface area (Å²) >= 11 is 0. The molecule has 0 radical (unpaired) electrons. The molecule has 0 nitrogen and oxygen atoms in total. The average Bonchev–Trinajstić information content (AvgIpc) is 2.51. The third-order valence-electron chi connectivity index (χ3n) is 5.30. The van der Waals surface area contributed by atoms with E-state index in [-0.39, 0.29) is 0 Å². The van der Waals surface area contributed by atoms with Gasteiger partial charge in [-0.3, -0.25) is 0 Å². The molecule has 0 bridgehead atoms. The Balaban J connectivity index is 3.16. The Morgan fingerprint density at radius 1 is 0.500 bits per heavy atom. The molecular weight excluding hydrogens is 235 g/mol. The van der Waals surface area contributed by atoms with Crippen molar-refractivity contribution < 1.29 is 0 Å². The molecule has 0 N–H and O–H groups in total. The normalized spacial score (nSPS) is 37.5. The quantitative estimate of drug-likeness (QED) is 0.605. The van der Waals surface area contributed by atoms with E-state index in [1.807, 2.05) is 0 Å². The Kier molecular flexibility index (Phi) is 5.73. The summed E-state index contributed by atoms with van der Waals surface area (Å²) in [6.07, 6.45) is 0. The van der Waals surface area contributed by atoms with Crippen molar-refractivity contribution in [1.29, 1.82) is 0 Å². The van der Waals surface area contributed by atoms with Gasteiger partial charge in [-0.1, -0.05) is 55.4 Å². The van der Waals surface area contributed by atoms with Crippen LogP contribution in [-0.4, -0.2) is 5.66 Å². The van der Waals surface area contributed by atoms with E-state index in [1.165, 1.54) is 0 Å². The Labute approximate surface area is 118 Å². The number of hydrogen-bond donors (Lipinski definition) is 0. The molecule has 0 aromatic carbocycles. The Morgan fingerprint density at radius 2 is 0.722 bits per heavy atom. The molecule has 18 heavy (non-hydrogen) atoms. The maximum absolute atomic E-state index is 3.23. The molecule has 108 valence electrons. The topological polar surface area (TPSA) is 0 Å². The van der Waals surface area contributed by atoms with Gasteiger partial charge in [0.25, 0.3) is 0 Å². The van der Waals surface area contributed by atoms with Crippen molar-refractivity contribution in [3.05, 3.63) is 0 Å². The van der Waals surface area contributed by atoms with Gasteiger partial charge in [-0.15, -0.1) is 9.24 Å². The first kappa shape index (κ1) is 16.5. The zero-order valence-electron chi connectivity index (χ0n) is 13.8. The minimum absolute atomic E-state index is 0.810. The molecule has 1 saturated carbocycles. The standard InChI is InChI=1S/C17H35P/c1-9(2)13-14(10(3)4)16(12(7)8)17(18)15(13)11(5)6/h9-17H,18H2,1-8H3. The van der Waals surface area contributed by atoms with Crippen LogP contribution in [0.2, 0.25) is 0 Å². The predicted molar refractivity (Wildman–Crippen MR) is 86.8 cm³/mol. The summed E-state index contributed by atoms with van der Waals surface area (Å²) < 4.78 is 0. The van der Waals surface area contributed by atoms with Crippen LogP contribution in [0.4, 0.5) is 0 Å². The molecule has 5 unspecified atom stereocenters. The van der Waals surface area contributed by atoms with Gasteiger partial charge in [0.2, 0.25) is 0 Å². The second kappa shape index (κ2) is 6.25. The monoisotopic (exact) mass is 270 g/mol. The van der Waals surface area contributed by atoms with Crippen molar-refractivity contribution >= 4 is 9.24 Å². The van der Waals surface area contributed by atoms with Gasteiger partial charge < -0.3 is 0 Å². The van der Waals surface area contributed by atoms with Crippen LogP contribution >= 0.6 is 9.24 Å². The van der Waals surface area contributed by atoms with Gasteiger partial charge in [0.15, 0.2) is 0 Å². The fraction of sp³-hybridized carbons (Fsp3) is 1.00. The average molecular weight is 270 g/mol. The molecule has 1 heteroatoms. The van der Waals surface area contributed by atoms with Crippen LogP contribution in [0.15, 0.2) is 0 Å². The van der Waals surface area contributed by atoms with Gasteiger partial charge in [0, 0.05) is 0 Å². The Bertz CT molecular complexity index is 228. The molecule has 1 rings (SSSR count). The van der Waals surface area contributed by atoms with E-state index in [1.54, 1.807) is 0 Å². The Hall–Kier alpha value is 0.430. The highest BCUT2D eigenvalue weighted by Crippen LogP contribution is 2.56. The van der Waals surface area contributed by atoms with Crippen LogP contribution in [0.1, 0.15) is 55.4 Å². The second-order valence-electron chi connectivity index (χ2n) is 7.86. The van der Waals surface area contributed by atoms with E-state index in [9.17, 15) is 0 Å². The lowest BCUT2D eigenvalue weighted by molar-refractivity contribution is 0.131. The molecule has 0 aliphatic heterocycles. The molecule has 5 atom stereocenters. The minimum Gasteiger partial charge on any atom is -0.134 e. The number of rotatable bonds is 4. The van der Waals surface area contributed by atoms with Crippen molar-refractivity contribution in [2.24, 2.45) is 47.3 Å². The Morgan fingerprint density at radius 3 is 0.889 bits per heavy atom. The van der Waals surface area contributed by atoms with Crippen molar-refractivity contribution in [3.63, 3.8) is 0 Å². The van der Waals surface area contributed by atoms with Gasteiger partial charge in [-0.25, -0.2) is 0 Å². The van der Waals surface area contributed by atoms with Crippen LogP contribution in [0.5, 0.6) is 0 Å². The molecular formula is C17H35P. The lowest BCUT2D eigenvalue weighted by Gasteiger charge is -2.35. The van der Waals surface area contributed by atoms with Crippen molar-refractivity contribution in [3.8, 4) is 0 Å². The molecule has 0 heterocycles. The number of hydrogen-bond acceptors (Lipinski definition) is 0. The summed E-state index contributed by atoms with van der Waals surface area (Å²) in [6.45, 7) is 19.5. The summed E-state index contributed by atoms with van der Waals surface area (Å²) in [5, 5.41) is 0.